The molecule has 1 rings (SSSR count). The minimum atomic E-state index is -0.758. The number of carbonyl (C=O) groups is 2. The lowest BCUT2D eigenvalue weighted by Gasteiger charge is -2.30. The summed E-state index contributed by atoms with van der Waals surface area (Å²) in [5.41, 5.74) is 0. The molecule has 0 unspecified atom stereocenters. The van der Waals surface area contributed by atoms with Gasteiger partial charge >= 0.3 is 11.9 Å². The first-order valence-electron chi connectivity index (χ1n) is 7.63. The Kier molecular flexibility index (Phi) is 7.82. The molecule has 0 saturated heterocycles. The van der Waals surface area contributed by atoms with Gasteiger partial charge in [0.2, 0.25) is 0 Å². The predicted octanol–water partition coefficient (Wildman–Crippen LogP) is 2.90. The third-order valence-corrected chi connectivity index (χ3v) is 3.23. The standard InChI is InChI=1S/C18H24O6/c1-6-7-17(23-13(3)19)18(24-14(4)20)12(2)22-16-10-8-15(21-5)9-11-16/h6,8-12,17-18H,1,7H2,2-5H3/t12-,17+,18+/m0/s1. The first-order chi connectivity index (χ1) is 11.4. The fraction of sp³-hybridized carbons (Fsp3) is 0.444. The molecule has 0 spiro atoms. The lowest BCUT2D eigenvalue weighted by atomic mass is 10.1. The van der Waals surface area contributed by atoms with Crippen molar-refractivity contribution in [2.24, 2.45) is 0 Å². The minimum absolute atomic E-state index is 0.341. The second-order valence-corrected chi connectivity index (χ2v) is 5.24. The maximum absolute atomic E-state index is 11.4. The Balaban J connectivity index is 2.92. The zero-order chi connectivity index (χ0) is 18.1. The van der Waals surface area contributed by atoms with Gasteiger partial charge in [-0.15, -0.1) is 6.58 Å². The Labute approximate surface area is 142 Å². The van der Waals surface area contributed by atoms with Crippen LogP contribution in [0.4, 0.5) is 0 Å². The SMILES string of the molecule is C=CC[C@@H](OC(C)=O)[C@H](OC(C)=O)[C@H](C)Oc1ccc(OC)cc1. The Bertz CT molecular complexity index is 551. The van der Waals surface area contributed by atoms with Crippen molar-refractivity contribution in [2.45, 2.75) is 45.5 Å². The third-order valence-electron chi connectivity index (χ3n) is 3.23. The number of hydrogen-bond donors (Lipinski definition) is 0. The highest BCUT2D eigenvalue weighted by Crippen LogP contribution is 2.22. The summed E-state index contributed by atoms with van der Waals surface area (Å²) in [4.78, 5) is 22.7. The molecule has 1 aromatic rings. The van der Waals surface area contributed by atoms with Crippen LogP contribution in [0.15, 0.2) is 36.9 Å². The summed E-state index contributed by atoms with van der Waals surface area (Å²) in [7, 11) is 1.58. The van der Waals surface area contributed by atoms with E-state index in [-0.39, 0.29) is 0 Å². The van der Waals surface area contributed by atoms with Crippen LogP contribution in [0.5, 0.6) is 11.5 Å². The van der Waals surface area contributed by atoms with Gasteiger partial charge in [0.15, 0.2) is 6.10 Å². The highest BCUT2D eigenvalue weighted by atomic mass is 16.6. The number of esters is 2. The van der Waals surface area contributed by atoms with Crippen molar-refractivity contribution in [3.05, 3.63) is 36.9 Å². The molecule has 0 bridgehead atoms. The maximum atomic E-state index is 11.4. The number of benzene rings is 1. The average Bonchev–Trinajstić information content (AvgIpc) is 2.52. The van der Waals surface area contributed by atoms with Crippen molar-refractivity contribution in [1.82, 2.24) is 0 Å². The van der Waals surface area contributed by atoms with E-state index >= 15 is 0 Å². The van der Waals surface area contributed by atoms with Crippen LogP contribution in [0.25, 0.3) is 0 Å². The topological polar surface area (TPSA) is 71.1 Å². The Morgan fingerprint density at radius 1 is 1.08 bits per heavy atom. The summed E-state index contributed by atoms with van der Waals surface area (Å²) in [6.07, 6.45) is -0.0202. The van der Waals surface area contributed by atoms with Crippen LogP contribution < -0.4 is 9.47 Å². The molecule has 6 heteroatoms. The van der Waals surface area contributed by atoms with Crippen LogP contribution in [0.1, 0.15) is 27.2 Å². The van der Waals surface area contributed by atoms with E-state index in [2.05, 4.69) is 6.58 Å². The van der Waals surface area contributed by atoms with Crippen LogP contribution in [0.2, 0.25) is 0 Å². The first-order valence-corrected chi connectivity index (χ1v) is 7.63. The maximum Gasteiger partial charge on any atom is 0.303 e. The summed E-state index contributed by atoms with van der Waals surface area (Å²) in [6, 6.07) is 7.01. The van der Waals surface area contributed by atoms with Gasteiger partial charge in [-0.25, -0.2) is 0 Å². The van der Waals surface area contributed by atoms with Crippen molar-refractivity contribution < 1.29 is 28.5 Å². The largest absolute Gasteiger partial charge is 0.497 e. The van der Waals surface area contributed by atoms with Gasteiger partial charge in [-0.05, 0) is 31.2 Å². The van der Waals surface area contributed by atoms with Crippen molar-refractivity contribution in [3.63, 3.8) is 0 Å². The van der Waals surface area contributed by atoms with Crippen molar-refractivity contribution in [1.29, 1.82) is 0 Å². The highest BCUT2D eigenvalue weighted by Gasteiger charge is 2.33. The molecule has 0 amide bonds. The van der Waals surface area contributed by atoms with E-state index in [1.165, 1.54) is 13.8 Å². The molecule has 0 fully saturated rings. The number of carbonyl (C=O) groups excluding carboxylic acids is 2. The van der Waals surface area contributed by atoms with Crippen LogP contribution >= 0.6 is 0 Å². The van der Waals surface area contributed by atoms with E-state index < -0.39 is 30.3 Å². The van der Waals surface area contributed by atoms with Gasteiger partial charge in [0.25, 0.3) is 0 Å². The van der Waals surface area contributed by atoms with E-state index in [1.54, 1.807) is 44.4 Å². The molecule has 0 radical (unpaired) electrons. The molecule has 0 aromatic heterocycles. The minimum Gasteiger partial charge on any atom is -0.497 e. The number of methoxy groups -OCH3 is 1. The van der Waals surface area contributed by atoms with Crippen molar-refractivity contribution in [3.8, 4) is 11.5 Å². The lowest BCUT2D eigenvalue weighted by Crippen LogP contribution is -2.44. The molecule has 0 saturated carbocycles. The molecule has 1 aromatic carbocycles. The molecular formula is C18H24O6. The third kappa shape index (κ3) is 6.32. The summed E-state index contributed by atoms with van der Waals surface area (Å²) in [5.74, 6) is 0.346. The summed E-state index contributed by atoms with van der Waals surface area (Å²) >= 11 is 0. The Morgan fingerprint density at radius 3 is 2.08 bits per heavy atom. The van der Waals surface area contributed by atoms with Crippen LogP contribution in [0.3, 0.4) is 0 Å². The van der Waals surface area contributed by atoms with Gasteiger partial charge in [-0.2, -0.15) is 0 Å². The van der Waals surface area contributed by atoms with Gasteiger partial charge in [0.1, 0.15) is 23.7 Å². The Hall–Kier alpha value is -2.50. The molecule has 0 aliphatic heterocycles. The van der Waals surface area contributed by atoms with E-state index in [0.717, 1.165) is 0 Å². The van der Waals surface area contributed by atoms with Gasteiger partial charge < -0.3 is 18.9 Å². The fourth-order valence-corrected chi connectivity index (χ4v) is 2.23. The average molecular weight is 336 g/mol. The summed E-state index contributed by atoms with van der Waals surface area (Å²) in [6.45, 7) is 7.99. The molecular weight excluding hydrogens is 312 g/mol. The van der Waals surface area contributed by atoms with Crippen LogP contribution in [0, 0.1) is 0 Å². The highest BCUT2D eigenvalue weighted by molar-refractivity contribution is 5.67. The molecule has 0 aliphatic rings. The van der Waals surface area contributed by atoms with E-state index in [0.29, 0.717) is 17.9 Å². The second-order valence-electron chi connectivity index (χ2n) is 5.24. The number of hydrogen-bond acceptors (Lipinski definition) is 6. The van der Waals surface area contributed by atoms with Gasteiger partial charge in [0.05, 0.1) is 7.11 Å². The second kappa shape index (κ2) is 9.60. The van der Waals surface area contributed by atoms with Gasteiger partial charge in [0, 0.05) is 20.3 Å². The first kappa shape index (κ1) is 19.5. The number of ether oxygens (including phenoxy) is 4. The fourth-order valence-electron chi connectivity index (χ4n) is 2.23. The molecule has 0 N–H and O–H groups in total. The molecule has 3 atom stereocenters. The lowest BCUT2D eigenvalue weighted by molar-refractivity contribution is -0.172. The van der Waals surface area contributed by atoms with Crippen molar-refractivity contribution >= 4 is 11.9 Å². The van der Waals surface area contributed by atoms with E-state index in [1.807, 2.05) is 0 Å². The molecule has 0 heterocycles. The quantitative estimate of drug-likeness (QED) is 0.510. The van der Waals surface area contributed by atoms with E-state index in [4.69, 9.17) is 18.9 Å². The van der Waals surface area contributed by atoms with Gasteiger partial charge in [-0.1, -0.05) is 6.08 Å². The molecule has 6 nitrogen and oxygen atoms in total. The summed E-state index contributed by atoms with van der Waals surface area (Å²) in [5, 5.41) is 0. The molecule has 0 aliphatic carbocycles. The van der Waals surface area contributed by atoms with Crippen LogP contribution in [-0.2, 0) is 19.1 Å². The Morgan fingerprint density at radius 2 is 1.62 bits per heavy atom. The van der Waals surface area contributed by atoms with E-state index in [9.17, 15) is 9.59 Å². The smallest absolute Gasteiger partial charge is 0.303 e. The normalized spacial score (nSPS) is 14.0. The summed E-state index contributed by atoms with van der Waals surface area (Å²) < 4.78 is 21.5. The van der Waals surface area contributed by atoms with Gasteiger partial charge in [-0.3, -0.25) is 9.59 Å². The van der Waals surface area contributed by atoms with Crippen molar-refractivity contribution in [2.75, 3.05) is 7.11 Å². The zero-order valence-electron chi connectivity index (χ0n) is 14.5. The monoisotopic (exact) mass is 336 g/mol. The molecule has 24 heavy (non-hydrogen) atoms. The molecule has 132 valence electrons. The van der Waals surface area contributed by atoms with Crippen LogP contribution in [-0.4, -0.2) is 37.4 Å². The number of rotatable bonds is 9. The predicted molar refractivity (Wildman–Crippen MR) is 89.0 cm³/mol. The zero-order valence-corrected chi connectivity index (χ0v) is 14.5.